The Labute approximate surface area is 94.9 Å². The summed E-state index contributed by atoms with van der Waals surface area (Å²) in [4.78, 5) is 0. The molecule has 17 heavy (non-hydrogen) atoms. The molecule has 0 saturated heterocycles. The van der Waals surface area contributed by atoms with Gasteiger partial charge in [0.05, 0.1) is 5.54 Å². The predicted octanol–water partition coefficient (Wildman–Crippen LogP) is 3.14. The topological polar surface area (TPSA) is 35.9 Å². The van der Waals surface area contributed by atoms with E-state index in [1.54, 1.807) is 0 Å². The molecule has 1 atom stereocenters. The molecule has 0 aromatic heterocycles. The minimum absolute atomic E-state index is 0.279. The molecule has 0 bridgehead atoms. The maximum Gasteiger partial charge on any atom is 0.400 e. The lowest BCUT2D eigenvalue weighted by atomic mass is 9.84. The van der Waals surface area contributed by atoms with E-state index in [4.69, 9.17) is 5.41 Å². The third-order valence-corrected chi connectivity index (χ3v) is 2.78. The highest BCUT2D eigenvalue weighted by molar-refractivity contribution is 5.88. The SMILES string of the molecule is CNC(C)(CC(C(F)(F)F)C(F)(F)F)C(C)=N. The van der Waals surface area contributed by atoms with Gasteiger partial charge in [-0.05, 0) is 27.3 Å². The monoisotopic (exact) mass is 264 g/mol. The summed E-state index contributed by atoms with van der Waals surface area (Å²) in [5.74, 6) is -3.44. The lowest BCUT2D eigenvalue weighted by molar-refractivity contribution is -0.287. The van der Waals surface area contributed by atoms with Crippen molar-refractivity contribution in [3.8, 4) is 0 Å². The van der Waals surface area contributed by atoms with Gasteiger partial charge in [-0.25, -0.2) is 0 Å². The molecule has 0 fully saturated rings. The van der Waals surface area contributed by atoms with Gasteiger partial charge < -0.3 is 10.7 Å². The van der Waals surface area contributed by atoms with E-state index in [9.17, 15) is 26.3 Å². The van der Waals surface area contributed by atoms with Gasteiger partial charge in [-0.2, -0.15) is 26.3 Å². The van der Waals surface area contributed by atoms with Gasteiger partial charge in [0.15, 0.2) is 5.92 Å². The van der Waals surface area contributed by atoms with Gasteiger partial charge in [0.25, 0.3) is 0 Å². The smallest absolute Gasteiger partial charge is 0.310 e. The fraction of sp³-hybridized carbons (Fsp3) is 0.889. The summed E-state index contributed by atoms with van der Waals surface area (Å²) in [6.07, 6.45) is -12.0. The first-order valence-electron chi connectivity index (χ1n) is 4.72. The summed E-state index contributed by atoms with van der Waals surface area (Å²) in [6.45, 7) is 2.31. The predicted molar refractivity (Wildman–Crippen MR) is 51.1 cm³/mol. The van der Waals surface area contributed by atoms with Crippen LogP contribution in [0.3, 0.4) is 0 Å². The molecule has 0 aromatic carbocycles. The maximum atomic E-state index is 12.3. The molecule has 0 heterocycles. The molecule has 0 aliphatic carbocycles. The Morgan fingerprint density at radius 3 is 1.65 bits per heavy atom. The molecule has 1 unspecified atom stereocenters. The van der Waals surface area contributed by atoms with Crippen molar-refractivity contribution in [3.63, 3.8) is 0 Å². The van der Waals surface area contributed by atoms with Crippen molar-refractivity contribution in [2.24, 2.45) is 5.92 Å². The number of rotatable bonds is 4. The maximum absolute atomic E-state index is 12.3. The molecular weight excluding hydrogens is 250 g/mol. The first kappa shape index (κ1) is 16.2. The van der Waals surface area contributed by atoms with Crippen molar-refractivity contribution in [1.82, 2.24) is 5.32 Å². The van der Waals surface area contributed by atoms with Crippen LogP contribution in [0.25, 0.3) is 0 Å². The van der Waals surface area contributed by atoms with Crippen molar-refractivity contribution >= 4 is 5.71 Å². The third kappa shape index (κ3) is 4.18. The van der Waals surface area contributed by atoms with Gasteiger partial charge in [-0.15, -0.1) is 0 Å². The molecule has 2 nitrogen and oxygen atoms in total. The average Bonchev–Trinajstić information content (AvgIpc) is 2.09. The number of halogens is 6. The third-order valence-electron chi connectivity index (χ3n) is 2.78. The van der Waals surface area contributed by atoms with E-state index >= 15 is 0 Å². The van der Waals surface area contributed by atoms with Crippen molar-refractivity contribution in [3.05, 3.63) is 0 Å². The Balaban J connectivity index is 5.21. The van der Waals surface area contributed by atoms with Gasteiger partial charge in [-0.3, -0.25) is 0 Å². The highest BCUT2D eigenvalue weighted by atomic mass is 19.4. The van der Waals surface area contributed by atoms with E-state index < -0.39 is 30.2 Å². The summed E-state index contributed by atoms with van der Waals surface area (Å²) in [5, 5.41) is 9.58. The van der Waals surface area contributed by atoms with Crippen LogP contribution >= 0.6 is 0 Å². The van der Waals surface area contributed by atoms with Gasteiger partial charge in [0, 0.05) is 5.71 Å². The van der Waals surface area contributed by atoms with Gasteiger partial charge >= 0.3 is 12.4 Å². The van der Waals surface area contributed by atoms with Crippen LogP contribution in [-0.4, -0.2) is 30.7 Å². The standard InChI is InChI=1S/C9H14F6N2/c1-5(16)7(2,17-3)4-6(8(10,11)12)9(13,14)15/h6,16-17H,4H2,1-3H3. The van der Waals surface area contributed by atoms with Crippen molar-refractivity contribution < 1.29 is 26.3 Å². The molecule has 102 valence electrons. The minimum atomic E-state index is -5.37. The first-order chi connectivity index (χ1) is 7.34. The Morgan fingerprint density at radius 1 is 1.12 bits per heavy atom. The van der Waals surface area contributed by atoms with Gasteiger partial charge in [0.1, 0.15) is 0 Å². The second-order valence-corrected chi connectivity index (χ2v) is 4.05. The molecule has 0 amide bonds. The zero-order chi connectivity index (χ0) is 14.1. The largest absolute Gasteiger partial charge is 0.400 e. The van der Waals surface area contributed by atoms with E-state index in [1.807, 2.05) is 0 Å². The second kappa shape index (κ2) is 4.83. The summed E-state index contributed by atoms with van der Waals surface area (Å²) in [7, 11) is 1.22. The van der Waals surface area contributed by atoms with Crippen LogP contribution in [0.4, 0.5) is 26.3 Å². The molecule has 0 saturated carbocycles. The highest BCUT2D eigenvalue weighted by Gasteiger charge is 2.58. The van der Waals surface area contributed by atoms with Crippen LogP contribution in [0, 0.1) is 11.3 Å². The Bertz CT molecular complexity index is 268. The summed E-state index contributed by atoms with van der Waals surface area (Å²) in [6, 6.07) is 0. The summed E-state index contributed by atoms with van der Waals surface area (Å²) >= 11 is 0. The van der Waals surface area contributed by atoms with Crippen molar-refractivity contribution in [1.29, 1.82) is 5.41 Å². The number of hydrogen-bond donors (Lipinski definition) is 2. The Kier molecular flexibility index (Phi) is 4.61. The summed E-state index contributed by atoms with van der Waals surface area (Å²) < 4.78 is 74.0. The van der Waals surface area contributed by atoms with E-state index in [-0.39, 0.29) is 5.71 Å². The van der Waals surface area contributed by atoms with Crippen LogP contribution in [0.5, 0.6) is 0 Å². The Hall–Kier alpha value is -0.790. The highest BCUT2D eigenvalue weighted by Crippen LogP contribution is 2.43. The minimum Gasteiger partial charge on any atom is -0.310 e. The molecular formula is C9H14F6N2. The zero-order valence-corrected chi connectivity index (χ0v) is 9.55. The zero-order valence-electron chi connectivity index (χ0n) is 9.55. The lowest BCUT2D eigenvalue weighted by Gasteiger charge is -2.34. The van der Waals surface area contributed by atoms with Crippen molar-refractivity contribution in [2.45, 2.75) is 38.2 Å². The second-order valence-electron chi connectivity index (χ2n) is 4.05. The fourth-order valence-electron chi connectivity index (χ4n) is 1.27. The summed E-state index contributed by atoms with van der Waals surface area (Å²) in [5.41, 5.74) is -1.91. The van der Waals surface area contributed by atoms with E-state index in [1.165, 1.54) is 14.0 Å². The van der Waals surface area contributed by atoms with Crippen LogP contribution < -0.4 is 5.32 Å². The molecule has 2 N–H and O–H groups in total. The Morgan fingerprint density at radius 2 is 1.47 bits per heavy atom. The quantitative estimate of drug-likeness (QED) is 0.594. The average molecular weight is 264 g/mol. The van der Waals surface area contributed by atoms with Gasteiger partial charge in [0.2, 0.25) is 0 Å². The van der Waals surface area contributed by atoms with Crippen molar-refractivity contribution in [2.75, 3.05) is 7.05 Å². The molecule has 0 spiro atoms. The number of alkyl halides is 6. The van der Waals surface area contributed by atoms with E-state index in [0.29, 0.717) is 0 Å². The molecule has 0 rings (SSSR count). The molecule has 0 radical (unpaired) electrons. The molecule has 0 aliphatic heterocycles. The molecule has 0 aliphatic rings. The van der Waals surface area contributed by atoms with Crippen LogP contribution in [0.15, 0.2) is 0 Å². The van der Waals surface area contributed by atoms with Crippen LogP contribution in [-0.2, 0) is 0 Å². The normalized spacial score (nSPS) is 17.1. The van der Waals surface area contributed by atoms with E-state index in [2.05, 4.69) is 5.32 Å². The number of nitrogens with one attached hydrogen (secondary N) is 2. The van der Waals surface area contributed by atoms with Crippen LogP contribution in [0.1, 0.15) is 20.3 Å². The van der Waals surface area contributed by atoms with Gasteiger partial charge in [-0.1, -0.05) is 0 Å². The van der Waals surface area contributed by atoms with Crippen LogP contribution in [0.2, 0.25) is 0 Å². The molecule has 0 aromatic rings. The molecule has 8 heteroatoms. The fourth-order valence-corrected chi connectivity index (χ4v) is 1.27. The van der Waals surface area contributed by atoms with E-state index in [0.717, 1.165) is 6.92 Å². The number of hydrogen-bond acceptors (Lipinski definition) is 2. The lowest BCUT2D eigenvalue weighted by Crippen LogP contribution is -2.52. The first-order valence-corrected chi connectivity index (χ1v) is 4.72.